The van der Waals surface area contributed by atoms with Crippen LogP contribution >= 0.6 is 0 Å². The zero-order valence-electron chi connectivity index (χ0n) is 13.8. The Bertz CT molecular complexity index is 685. The zero-order chi connectivity index (χ0) is 17.7. The Morgan fingerprint density at radius 2 is 2.08 bits per heavy atom. The average Bonchev–Trinajstić information content (AvgIpc) is 2.97. The number of amides is 2. The number of nitrogens with one attached hydrogen (secondary N) is 2. The molecule has 0 unspecified atom stereocenters. The molecule has 2 atom stereocenters. The average molecular weight is 336 g/mol. The van der Waals surface area contributed by atoms with Gasteiger partial charge >= 0.3 is 6.03 Å². The number of hydrogen-bond acceptors (Lipinski definition) is 5. The van der Waals surface area contributed by atoms with Gasteiger partial charge in [0, 0.05) is 6.92 Å². The Labute approximate surface area is 139 Å². The molecule has 1 aromatic carbocycles. The number of benzene rings is 1. The molecule has 8 heteroatoms. The Balaban J connectivity index is 1.93. The Hall–Kier alpha value is -2.48. The van der Waals surface area contributed by atoms with E-state index >= 15 is 0 Å². The summed E-state index contributed by atoms with van der Waals surface area (Å²) in [6, 6.07) is 4.62. The van der Waals surface area contributed by atoms with E-state index in [4.69, 9.17) is 4.52 Å². The lowest BCUT2D eigenvalue weighted by Gasteiger charge is -2.25. The molecule has 0 aliphatic carbocycles. The highest BCUT2D eigenvalue weighted by molar-refractivity contribution is 5.74. The molecule has 0 aliphatic rings. The van der Waals surface area contributed by atoms with Crippen LogP contribution in [0.3, 0.4) is 0 Å². The van der Waals surface area contributed by atoms with Crippen LogP contribution in [0.5, 0.6) is 0 Å². The quantitative estimate of drug-likeness (QED) is 0.751. The Morgan fingerprint density at radius 3 is 2.62 bits per heavy atom. The molecular weight excluding hydrogens is 315 g/mol. The highest BCUT2D eigenvalue weighted by atomic mass is 19.1. The summed E-state index contributed by atoms with van der Waals surface area (Å²) in [4.78, 5) is 16.1. The molecule has 1 aromatic heterocycles. The molecule has 7 nitrogen and oxygen atoms in total. The molecule has 0 saturated carbocycles. The van der Waals surface area contributed by atoms with E-state index in [1.165, 1.54) is 24.3 Å². The van der Waals surface area contributed by atoms with Crippen LogP contribution in [0, 0.1) is 12.7 Å². The molecule has 0 bridgehead atoms. The Kier molecular flexibility index (Phi) is 5.50. The number of rotatable bonds is 6. The van der Waals surface area contributed by atoms with Crippen molar-refractivity contribution in [3.63, 3.8) is 0 Å². The first kappa shape index (κ1) is 17.9. The van der Waals surface area contributed by atoms with Gasteiger partial charge in [0.05, 0.1) is 12.6 Å². The summed E-state index contributed by atoms with van der Waals surface area (Å²) in [6.45, 7) is 5.06. The zero-order valence-corrected chi connectivity index (χ0v) is 13.8. The summed E-state index contributed by atoms with van der Waals surface area (Å²) in [5.41, 5.74) is -0.819. The van der Waals surface area contributed by atoms with Crippen molar-refractivity contribution in [2.45, 2.75) is 38.8 Å². The van der Waals surface area contributed by atoms with Crippen LogP contribution in [0.4, 0.5) is 9.18 Å². The third-order valence-corrected chi connectivity index (χ3v) is 3.63. The fourth-order valence-corrected chi connectivity index (χ4v) is 2.18. The number of carbonyl (C=O) groups is 1. The first-order chi connectivity index (χ1) is 11.3. The maximum absolute atomic E-state index is 13.0. The van der Waals surface area contributed by atoms with Crippen LogP contribution < -0.4 is 10.6 Å². The lowest BCUT2D eigenvalue weighted by atomic mass is 9.96. The van der Waals surface area contributed by atoms with Gasteiger partial charge in [0.1, 0.15) is 11.4 Å². The van der Waals surface area contributed by atoms with E-state index in [1.54, 1.807) is 13.8 Å². The van der Waals surface area contributed by atoms with Crippen LogP contribution in [0.2, 0.25) is 0 Å². The number of carbonyl (C=O) groups excluding carboxylic acids is 1. The van der Waals surface area contributed by atoms with Gasteiger partial charge in [-0.3, -0.25) is 0 Å². The highest BCUT2D eigenvalue weighted by Gasteiger charge is 2.25. The maximum atomic E-state index is 13.0. The molecule has 3 N–H and O–H groups in total. The fourth-order valence-electron chi connectivity index (χ4n) is 2.18. The summed E-state index contributed by atoms with van der Waals surface area (Å²) >= 11 is 0. The van der Waals surface area contributed by atoms with Crippen LogP contribution in [0.25, 0.3) is 0 Å². The van der Waals surface area contributed by atoms with Crippen LogP contribution in [0.1, 0.15) is 43.6 Å². The van der Waals surface area contributed by atoms with E-state index in [0.717, 1.165) is 0 Å². The van der Waals surface area contributed by atoms with Gasteiger partial charge in [0.2, 0.25) is 5.89 Å². The summed E-state index contributed by atoms with van der Waals surface area (Å²) in [7, 11) is 0. The smallest absolute Gasteiger partial charge is 0.315 e. The van der Waals surface area contributed by atoms with Crippen molar-refractivity contribution in [3.05, 3.63) is 47.4 Å². The van der Waals surface area contributed by atoms with Gasteiger partial charge < -0.3 is 20.3 Å². The van der Waals surface area contributed by atoms with Gasteiger partial charge in [-0.2, -0.15) is 4.98 Å². The maximum Gasteiger partial charge on any atom is 0.315 e. The lowest BCUT2D eigenvalue weighted by Crippen LogP contribution is -2.44. The van der Waals surface area contributed by atoms with Crippen molar-refractivity contribution >= 4 is 6.03 Å². The predicted octanol–water partition coefficient (Wildman–Crippen LogP) is 2.18. The van der Waals surface area contributed by atoms with E-state index in [1.807, 2.05) is 6.92 Å². The standard InChI is InChI=1S/C16H21FN4O3/c1-4-13(14-19-10(2)24-21-14)20-15(22)18-9-16(3,23)11-5-7-12(17)8-6-11/h5-8,13,23H,4,9H2,1-3H3,(H2,18,20,22)/t13-,16+/m0/s1. The molecule has 0 spiro atoms. The molecule has 2 amide bonds. The normalized spacial score (nSPS) is 14.7. The molecule has 0 saturated heterocycles. The topological polar surface area (TPSA) is 100 Å². The number of hydrogen-bond donors (Lipinski definition) is 3. The number of halogens is 1. The first-order valence-corrected chi connectivity index (χ1v) is 7.65. The minimum Gasteiger partial charge on any atom is -0.384 e. The fraction of sp³-hybridized carbons (Fsp3) is 0.438. The largest absolute Gasteiger partial charge is 0.384 e. The Morgan fingerprint density at radius 1 is 1.42 bits per heavy atom. The highest BCUT2D eigenvalue weighted by Crippen LogP contribution is 2.20. The second kappa shape index (κ2) is 7.39. The number of aryl methyl sites for hydroxylation is 1. The SMILES string of the molecule is CC[C@H](NC(=O)NC[C@@](C)(O)c1ccc(F)cc1)c1noc(C)n1. The summed E-state index contributed by atoms with van der Waals surface area (Å²) in [5.74, 6) is 0.432. The van der Waals surface area contributed by atoms with Crippen molar-refractivity contribution < 1.29 is 18.8 Å². The minimum atomic E-state index is -1.32. The molecule has 24 heavy (non-hydrogen) atoms. The third kappa shape index (κ3) is 4.51. The van der Waals surface area contributed by atoms with E-state index in [0.29, 0.717) is 23.7 Å². The molecule has 1 heterocycles. The van der Waals surface area contributed by atoms with Crippen molar-refractivity contribution in [2.24, 2.45) is 0 Å². The van der Waals surface area contributed by atoms with E-state index in [-0.39, 0.29) is 12.4 Å². The number of nitrogens with zero attached hydrogens (tertiary/aromatic N) is 2. The number of aliphatic hydroxyl groups is 1. The van der Waals surface area contributed by atoms with Crippen molar-refractivity contribution in [1.29, 1.82) is 0 Å². The second-order valence-electron chi connectivity index (χ2n) is 5.74. The molecule has 2 aromatic rings. The number of aromatic nitrogens is 2. The van der Waals surface area contributed by atoms with Crippen molar-refractivity contribution in [3.8, 4) is 0 Å². The van der Waals surface area contributed by atoms with Crippen molar-refractivity contribution in [1.82, 2.24) is 20.8 Å². The summed E-state index contributed by atoms with van der Waals surface area (Å²) in [5, 5.41) is 19.5. The van der Waals surface area contributed by atoms with E-state index in [9.17, 15) is 14.3 Å². The van der Waals surface area contributed by atoms with Crippen LogP contribution in [0.15, 0.2) is 28.8 Å². The molecule has 0 radical (unpaired) electrons. The van der Waals surface area contributed by atoms with Crippen LogP contribution in [-0.2, 0) is 5.60 Å². The molecule has 0 fully saturated rings. The van der Waals surface area contributed by atoms with Gasteiger partial charge in [-0.05, 0) is 31.0 Å². The van der Waals surface area contributed by atoms with Gasteiger partial charge in [0.15, 0.2) is 5.82 Å². The molecular formula is C16H21FN4O3. The number of urea groups is 1. The monoisotopic (exact) mass is 336 g/mol. The van der Waals surface area contributed by atoms with Crippen molar-refractivity contribution in [2.75, 3.05) is 6.54 Å². The second-order valence-corrected chi connectivity index (χ2v) is 5.74. The van der Waals surface area contributed by atoms with E-state index < -0.39 is 17.7 Å². The third-order valence-electron chi connectivity index (χ3n) is 3.63. The lowest BCUT2D eigenvalue weighted by molar-refractivity contribution is 0.0591. The van der Waals surface area contributed by atoms with E-state index in [2.05, 4.69) is 20.8 Å². The van der Waals surface area contributed by atoms with Crippen LogP contribution in [-0.4, -0.2) is 27.8 Å². The van der Waals surface area contributed by atoms with Gasteiger partial charge in [-0.1, -0.05) is 24.2 Å². The molecule has 130 valence electrons. The first-order valence-electron chi connectivity index (χ1n) is 7.65. The molecule has 0 aliphatic heterocycles. The summed E-state index contributed by atoms with van der Waals surface area (Å²) < 4.78 is 17.9. The summed E-state index contributed by atoms with van der Waals surface area (Å²) in [6.07, 6.45) is 0.584. The predicted molar refractivity (Wildman–Crippen MR) is 84.6 cm³/mol. The molecule has 2 rings (SSSR count). The van der Waals surface area contributed by atoms with Gasteiger partial charge in [-0.25, -0.2) is 9.18 Å². The minimum absolute atomic E-state index is 0.0355. The van der Waals surface area contributed by atoms with Gasteiger partial charge in [-0.15, -0.1) is 0 Å². The van der Waals surface area contributed by atoms with Gasteiger partial charge in [0.25, 0.3) is 0 Å².